The fourth-order valence-electron chi connectivity index (χ4n) is 1.23. The normalized spacial score (nSPS) is 11.9. The maximum atomic E-state index is 10.8. The monoisotopic (exact) mass is 209 g/mol. The first-order chi connectivity index (χ1) is 7.17. The second-order valence-electron chi connectivity index (χ2n) is 3.17. The van der Waals surface area contributed by atoms with Crippen LogP contribution in [0, 0.1) is 0 Å². The first-order valence-electron chi connectivity index (χ1n) is 4.80. The summed E-state index contributed by atoms with van der Waals surface area (Å²) in [6.07, 6.45) is 0.543. The number of nitrogens with one attached hydrogen (secondary N) is 1. The van der Waals surface area contributed by atoms with Crippen molar-refractivity contribution in [3.05, 3.63) is 24.3 Å². The van der Waals surface area contributed by atoms with Gasteiger partial charge in [-0.25, -0.2) is 4.79 Å². The molecule has 0 amide bonds. The number of carbonyl (C=O) groups is 1. The van der Waals surface area contributed by atoms with Gasteiger partial charge in [0.1, 0.15) is 11.8 Å². The van der Waals surface area contributed by atoms with Crippen LogP contribution in [0.1, 0.15) is 13.3 Å². The molecule has 0 aliphatic rings. The Hall–Kier alpha value is -1.71. The number of hydrogen-bond donors (Lipinski definition) is 2. The third kappa shape index (κ3) is 3.16. The van der Waals surface area contributed by atoms with E-state index in [1.54, 1.807) is 31.4 Å². The van der Waals surface area contributed by atoms with Gasteiger partial charge in [-0.15, -0.1) is 0 Å². The van der Waals surface area contributed by atoms with Gasteiger partial charge in [-0.3, -0.25) is 0 Å². The minimum Gasteiger partial charge on any atom is -0.497 e. The molecule has 0 saturated carbocycles. The SMILES string of the molecule is CC[C@H](Nc1ccc(OC)cc1)C(=O)O. The highest BCUT2D eigenvalue weighted by atomic mass is 16.5. The molecule has 1 aromatic carbocycles. The fourth-order valence-corrected chi connectivity index (χ4v) is 1.23. The molecule has 0 aliphatic heterocycles. The lowest BCUT2D eigenvalue weighted by atomic mass is 10.2. The number of carboxylic acids is 1. The lowest BCUT2D eigenvalue weighted by molar-refractivity contribution is -0.137. The summed E-state index contributed by atoms with van der Waals surface area (Å²) in [6, 6.07) is 6.63. The summed E-state index contributed by atoms with van der Waals surface area (Å²) >= 11 is 0. The van der Waals surface area contributed by atoms with E-state index in [2.05, 4.69) is 5.32 Å². The molecule has 0 saturated heterocycles. The van der Waals surface area contributed by atoms with Crippen molar-refractivity contribution in [2.24, 2.45) is 0 Å². The van der Waals surface area contributed by atoms with Gasteiger partial charge in [-0.2, -0.15) is 0 Å². The molecule has 0 radical (unpaired) electrons. The molecule has 1 atom stereocenters. The highest BCUT2D eigenvalue weighted by Crippen LogP contribution is 2.16. The van der Waals surface area contributed by atoms with Crippen LogP contribution in [-0.4, -0.2) is 24.2 Å². The zero-order chi connectivity index (χ0) is 11.3. The van der Waals surface area contributed by atoms with E-state index in [-0.39, 0.29) is 0 Å². The Morgan fingerprint density at radius 3 is 2.47 bits per heavy atom. The topological polar surface area (TPSA) is 58.6 Å². The minimum atomic E-state index is -0.840. The molecule has 4 nitrogen and oxygen atoms in total. The predicted molar refractivity (Wildman–Crippen MR) is 58.3 cm³/mol. The molecule has 15 heavy (non-hydrogen) atoms. The van der Waals surface area contributed by atoms with Crippen LogP contribution >= 0.6 is 0 Å². The van der Waals surface area contributed by atoms with Crippen LogP contribution in [0.4, 0.5) is 5.69 Å². The number of carboxylic acid groups (broad SMARTS) is 1. The van der Waals surface area contributed by atoms with Gasteiger partial charge in [-0.1, -0.05) is 6.92 Å². The van der Waals surface area contributed by atoms with Gasteiger partial charge in [0.15, 0.2) is 0 Å². The predicted octanol–water partition coefficient (Wildman–Crippen LogP) is 1.97. The molecule has 0 spiro atoms. The lowest BCUT2D eigenvalue weighted by Gasteiger charge is -2.13. The molecule has 2 N–H and O–H groups in total. The Bertz CT molecular complexity index is 321. The quantitative estimate of drug-likeness (QED) is 0.778. The summed E-state index contributed by atoms with van der Waals surface area (Å²) in [4.78, 5) is 10.8. The molecule has 1 rings (SSSR count). The zero-order valence-electron chi connectivity index (χ0n) is 8.86. The zero-order valence-corrected chi connectivity index (χ0v) is 8.86. The van der Waals surface area contributed by atoms with Crippen LogP contribution in [0.25, 0.3) is 0 Å². The summed E-state index contributed by atoms with van der Waals surface area (Å²) in [5.41, 5.74) is 0.782. The molecular weight excluding hydrogens is 194 g/mol. The van der Waals surface area contributed by atoms with Crippen LogP contribution in [0.3, 0.4) is 0 Å². The summed E-state index contributed by atoms with van der Waals surface area (Å²) in [6.45, 7) is 1.83. The average molecular weight is 209 g/mol. The molecule has 82 valence electrons. The summed E-state index contributed by atoms with van der Waals surface area (Å²) < 4.78 is 5.00. The van der Waals surface area contributed by atoms with Gasteiger partial charge >= 0.3 is 5.97 Å². The van der Waals surface area contributed by atoms with E-state index in [0.717, 1.165) is 11.4 Å². The van der Waals surface area contributed by atoms with Crippen molar-refractivity contribution in [2.75, 3.05) is 12.4 Å². The van der Waals surface area contributed by atoms with Crippen LogP contribution in [0.2, 0.25) is 0 Å². The van der Waals surface area contributed by atoms with Gasteiger partial charge in [0.25, 0.3) is 0 Å². The fraction of sp³-hybridized carbons (Fsp3) is 0.364. The smallest absolute Gasteiger partial charge is 0.326 e. The van der Waals surface area contributed by atoms with E-state index in [0.29, 0.717) is 6.42 Å². The highest BCUT2D eigenvalue weighted by molar-refractivity contribution is 5.77. The Morgan fingerprint density at radius 1 is 1.47 bits per heavy atom. The molecule has 0 unspecified atom stereocenters. The number of benzene rings is 1. The van der Waals surface area contributed by atoms with E-state index in [1.165, 1.54) is 0 Å². The van der Waals surface area contributed by atoms with Crippen LogP contribution < -0.4 is 10.1 Å². The number of ether oxygens (including phenoxy) is 1. The van der Waals surface area contributed by atoms with Gasteiger partial charge < -0.3 is 15.2 Å². The molecule has 0 aliphatic carbocycles. The van der Waals surface area contributed by atoms with Crippen LogP contribution in [-0.2, 0) is 4.79 Å². The Morgan fingerprint density at radius 2 is 2.07 bits per heavy atom. The van der Waals surface area contributed by atoms with Gasteiger partial charge in [0.2, 0.25) is 0 Å². The summed E-state index contributed by atoms with van der Waals surface area (Å²) in [5.74, 6) is -0.0859. The Kier molecular flexibility index (Phi) is 3.97. The molecule has 0 aromatic heterocycles. The molecule has 4 heteroatoms. The van der Waals surface area contributed by atoms with Crippen LogP contribution in [0.15, 0.2) is 24.3 Å². The summed E-state index contributed by atoms with van der Waals surface area (Å²) in [5, 5.41) is 11.8. The van der Waals surface area contributed by atoms with Gasteiger partial charge in [-0.05, 0) is 30.7 Å². The van der Waals surface area contributed by atoms with Crippen molar-refractivity contribution in [1.29, 1.82) is 0 Å². The van der Waals surface area contributed by atoms with E-state index in [1.807, 2.05) is 6.92 Å². The number of methoxy groups -OCH3 is 1. The third-order valence-electron chi connectivity index (χ3n) is 2.14. The lowest BCUT2D eigenvalue weighted by Crippen LogP contribution is -2.28. The van der Waals surface area contributed by atoms with E-state index in [9.17, 15) is 4.79 Å². The average Bonchev–Trinajstić information content (AvgIpc) is 2.26. The van der Waals surface area contributed by atoms with Crippen molar-refractivity contribution in [2.45, 2.75) is 19.4 Å². The molecule has 1 aromatic rings. The van der Waals surface area contributed by atoms with E-state index < -0.39 is 12.0 Å². The van der Waals surface area contributed by atoms with Crippen molar-refractivity contribution in [1.82, 2.24) is 0 Å². The first kappa shape index (κ1) is 11.4. The molecule has 0 heterocycles. The van der Waals surface area contributed by atoms with Crippen molar-refractivity contribution < 1.29 is 14.6 Å². The Labute approximate surface area is 88.9 Å². The molecule has 0 fully saturated rings. The van der Waals surface area contributed by atoms with Crippen molar-refractivity contribution >= 4 is 11.7 Å². The standard InChI is InChI=1S/C11H15NO3/c1-3-10(11(13)14)12-8-4-6-9(15-2)7-5-8/h4-7,10,12H,3H2,1-2H3,(H,13,14)/t10-/m0/s1. The second-order valence-corrected chi connectivity index (χ2v) is 3.17. The summed E-state index contributed by atoms with van der Waals surface area (Å²) in [7, 11) is 1.59. The number of rotatable bonds is 5. The minimum absolute atomic E-state index is 0.543. The first-order valence-corrected chi connectivity index (χ1v) is 4.80. The highest BCUT2D eigenvalue weighted by Gasteiger charge is 2.13. The maximum Gasteiger partial charge on any atom is 0.326 e. The maximum absolute atomic E-state index is 10.8. The van der Waals surface area contributed by atoms with Crippen LogP contribution in [0.5, 0.6) is 5.75 Å². The van der Waals surface area contributed by atoms with E-state index in [4.69, 9.17) is 9.84 Å². The van der Waals surface area contributed by atoms with Gasteiger partial charge in [0, 0.05) is 5.69 Å². The second kappa shape index (κ2) is 5.24. The Balaban J connectivity index is 2.67. The number of hydrogen-bond acceptors (Lipinski definition) is 3. The molecular formula is C11H15NO3. The van der Waals surface area contributed by atoms with Gasteiger partial charge in [0.05, 0.1) is 7.11 Å². The third-order valence-corrected chi connectivity index (χ3v) is 2.14. The van der Waals surface area contributed by atoms with Crippen molar-refractivity contribution in [3.8, 4) is 5.75 Å². The number of anilines is 1. The number of aliphatic carboxylic acids is 1. The molecule has 0 bridgehead atoms. The van der Waals surface area contributed by atoms with Crippen molar-refractivity contribution in [3.63, 3.8) is 0 Å². The largest absolute Gasteiger partial charge is 0.497 e. The van der Waals surface area contributed by atoms with E-state index >= 15 is 0 Å².